The first-order chi connectivity index (χ1) is 26.6. The van der Waals surface area contributed by atoms with E-state index in [1.807, 2.05) is 34.5 Å². The Balaban J connectivity index is 1.26. The first-order valence-electron chi connectivity index (χ1n) is 18.6. The van der Waals surface area contributed by atoms with Crippen LogP contribution in [0.4, 0.5) is 15.7 Å². The van der Waals surface area contributed by atoms with Gasteiger partial charge in [0, 0.05) is 42.1 Å². The molecule has 56 heavy (non-hydrogen) atoms. The van der Waals surface area contributed by atoms with Gasteiger partial charge in [0.25, 0.3) is 11.5 Å². The van der Waals surface area contributed by atoms with Gasteiger partial charge in [-0.05, 0) is 60.0 Å². The highest BCUT2D eigenvalue weighted by molar-refractivity contribution is 7.14. The van der Waals surface area contributed by atoms with Crippen molar-refractivity contribution in [1.82, 2.24) is 39.9 Å². The second-order valence-corrected chi connectivity index (χ2v) is 16.7. The van der Waals surface area contributed by atoms with Gasteiger partial charge in [0.05, 0.1) is 59.1 Å². The molecule has 1 atom stereocenters. The summed E-state index contributed by atoms with van der Waals surface area (Å²) < 4.78 is 13.3. The molecule has 4 aromatic heterocycles. The number of fused-ring (bicyclic) bond motifs is 1. The van der Waals surface area contributed by atoms with Gasteiger partial charge in [0.2, 0.25) is 0 Å². The minimum absolute atomic E-state index is 0.159. The molecule has 6 rings (SSSR count). The van der Waals surface area contributed by atoms with E-state index in [4.69, 9.17) is 14.5 Å². The lowest BCUT2D eigenvalue weighted by Gasteiger charge is -2.34. The first kappa shape index (κ1) is 40.0. The van der Waals surface area contributed by atoms with Crippen molar-refractivity contribution in [3.05, 3.63) is 86.5 Å². The van der Waals surface area contributed by atoms with E-state index in [0.717, 1.165) is 34.5 Å². The highest BCUT2D eigenvalue weighted by atomic mass is 32.1. The molecule has 0 saturated carbocycles. The lowest BCUT2D eigenvalue weighted by Crippen LogP contribution is -2.44. The van der Waals surface area contributed by atoms with Crippen LogP contribution in [0.1, 0.15) is 73.0 Å². The number of alkyl carbamates (subject to hydrolysis) is 1. The zero-order chi connectivity index (χ0) is 40.0. The number of hydrogen-bond donors (Lipinski definition) is 2. The molecule has 1 saturated heterocycles. The van der Waals surface area contributed by atoms with Crippen LogP contribution in [0.5, 0.6) is 5.75 Å². The molecule has 0 aliphatic carbocycles. The molecule has 296 valence electrons. The van der Waals surface area contributed by atoms with Crippen LogP contribution < -0.4 is 25.8 Å². The van der Waals surface area contributed by atoms with Gasteiger partial charge in [-0.1, -0.05) is 32.9 Å². The topological polar surface area (TPSA) is 171 Å². The zero-order valence-electron chi connectivity index (χ0n) is 33.0. The van der Waals surface area contributed by atoms with Crippen molar-refractivity contribution < 1.29 is 23.5 Å². The van der Waals surface area contributed by atoms with E-state index in [9.17, 15) is 14.4 Å². The molecule has 2 amide bonds. The normalized spacial score (nSPS) is 15.0. The van der Waals surface area contributed by atoms with Crippen molar-refractivity contribution in [2.75, 3.05) is 64.6 Å². The molecular formula is C39H50N11O5S+. The minimum atomic E-state index is -0.473. The number of quaternary nitrogens is 1. The third-order valence-corrected chi connectivity index (χ3v) is 9.94. The predicted octanol–water partition coefficient (Wildman–Crippen LogP) is 4.71. The number of tetrazole rings is 1. The second-order valence-electron chi connectivity index (χ2n) is 15.8. The quantitative estimate of drug-likeness (QED) is 0.125. The number of ether oxygens (including phenoxy) is 2. The van der Waals surface area contributed by atoms with E-state index >= 15 is 0 Å². The van der Waals surface area contributed by atoms with Crippen molar-refractivity contribution in [3.8, 4) is 5.75 Å². The number of hydrogen-bond acceptors (Lipinski definition) is 12. The number of piperidine rings is 1. The molecule has 17 heteroatoms. The summed E-state index contributed by atoms with van der Waals surface area (Å²) in [5.41, 5.74) is 2.22. The summed E-state index contributed by atoms with van der Waals surface area (Å²) in [5.74, 6) is 1.07. The van der Waals surface area contributed by atoms with Crippen LogP contribution in [0.3, 0.4) is 0 Å². The number of nitrogens with one attached hydrogen (secondary N) is 2. The van der Waals surface area contributed by atoms with Crippen molar-refractivity contribution >= 4 is 52.1 Å². The average Bonchev–Trinajstić information content (AvgIpc) is 3.82. The van der Waals surface area contributed by atoms with E-state index in [2.05, 4.69) is 72.9 Å². The molecule has 1 fully saturated rings. The average molecular weight is 785 g/mol. The number of anilines is 2. The molecule has 16 nitrogen and oxygen atoms in total. The molecule has 1 aliphatic rings. The standard InChI is InChI=1S/C39H49N11O5S/c1-39(2,3)31-25-56-37(41-31)43-35(51)27-17-20-48-33(22-27)42-34(47-19-8-10-29(24-47)55-38(53)40-18-9-21-50(4,5)6)30(36(48)52)15-16-32-44-46-49(45-32)23-26-11-13-28(54-7)14-12-26/h11-17,20,22,25,29H,8-10,18-19,21,23-24H2,1-7H3,(H-,40,41,43,51,53)/p+1. The number of amides is 2. The fraction of sp³-hybridized carbons (Fsp3) is 0.436. The Bertz CT molecular complexity index is 2250. The van der Waals surface area contributed by atoms with Crippen molar-refractivity contribution in [3.63, 3.8) is 0 Å². The Hall–Kier alpha value is -5.68. The van der Waals surface area contributed by atoms with Gasteiger partial charge in [0.1, 0.15) is 23.3 Å². The van der Waals surface area contributed by atoms with E-state index < -0.39 is 12.2 Å². The number of nitrogens with zero attached hydrogens (tertiary/aromatic N) is 9. The lowest BCUT2D eigenvalue weighted by atomic mass is 9.93. The van der Waals surface area contributed by atoms with Gasteiger partial charge in [-0.3, -0.25) is 19.3 Å². The highest BCUT2D eigenvalue weighted by Crippen LogP contribution is 2.27. The Kier molecular flexibility index (Phi) is 12.1. The summed E-state index contributed by atoms with van der Waals surface area (Å²) in [4.78, 5) is 53.3. The van der Waals surface area contributed by atoms with Gasteiger partial charge in [-0.15, -0.1) is 21.5 Å². The number of methoxy groups -OCH3 is 1. The number of thiazole rings is 1. The van der Waals surface area contributed by atoms with Crippen LogP contribution in [-0.2, 0) is 16.7 Å². The Morgan fingerprint density at radius 1 is 1.09 bits per heavy atom. The number of benzene rings is 1. The maximum absolute atomic E-state index is 14.2. The maximum atomic E-state index is 14.2. The summed E-state index contributed by atoms with van der Waals surface area (Å²) in [6.45, 7) is 8.90. The monoisotopic (exact) mass is 784 g/mol. The zero-order valence-corrected chi connectivity index (χ0v) is 33.8. The minimum Gasteiger partial charge on any atom is -0.497 e. The molecular weight excluding hydrogens is 735 g/mol. The fourth-order valence-electron chi connectivity index (χ4n) is 6.12. The summed E-state index contributed by atoms with van der Waals surface area (Å²) in [7, 11) is 7.94. The third-order valence-electron chi connectivity index (χ3n) is 9.18. The van der Waals surface area contributed by atoms with Crippen LogP contribution >= 0.6 is 11.3 Å². The van der Waals surface area contributed by atoms with Crippen molar-refractivity contribution in [1.29, 1.82) is 0 Å². The smallest absolute Gasteiger partial charge is 0.407 e. The molecule has 1 unspecified atom stereocenters. The van der Waals surface area contributed by atoms with Gasteiger partial charge in [-0.25, -0.2) is 14.8 Å². The number of carbonyl (C=O) groups excluding carboxylic acids is 2. The molecule has 0 radical (unpaired) electrons. The molecule has 1 aromatic carbocycles. The van der Waals surface area contributed by atoms with Crippen LogP contribution in [-0.4, -0.2) is 112 Å². The third kappa shape index (κ3) is 10.3. The number of rotatable bonds is 13. The Morgan fingerprint density at radius 3 is 2.59 bits per heavy atom. The largest absolute Gasteiger partial charge is 0.497 e. The molecule has 1 aliphatic heterocycles. The molecule has 0 spiro atoms. The molecule has 5 heterocycles. The van der Waals surface area contributed by atoms with Crippen molar-refractivity contribution in [2.45, 2.75) is 58.1 Å². The van der Waals surface area contributed by atoms with E-state index in [0.29, 0.717) is 61.4 Å². The number of pyridine rings is 1. The highest BCUT2D eigenvalue weighted by Gasteiger charge is 2.27. The number of carbonyl (C=O) groups is 2. The van der Waals surface area contributed by atoms with Crippen LogP contribution in [0.15, 0.2) is 52.8 Å². The molecule has 0 bridgehead atoms. The fourth-order valence-corrected chi connectivity index (χ4v) is 7.05. The molecule has 2 N–H and O–H groups in total. The summed E-state index contributed by atoms with van der Waals surface area (Å²) in [6, 6.07) is 10.7. The first-order valence-corrected chi connectivity index (χ1v) is 19.5. The lowest BCUT2D eigenvalue weighted by molar-refractivity contribution is -0.870. The van der Waals surface area contributed by atoms with Gasteiger partial charge < -0.3 is 24.2 Å². The van der Waals surface area contributed by atoms with Crippen LogP contribution in [0.2, 0.25) is 0 Å². The predicted molar refractivity (Wildman–Crippen MR) is 216 cm³/mol. The van der Waals surface area contributed by atoms with Gasteiger partial charge in [0.15, 0.2) is 11.0 Å². The van der Waals surface area contributed by atoms with Crippen molar-refractivity contribution in [2.24, 2.45) is 0 Å². The van der Waals surface area contributed by atoms with Crippen LogP contribution in [0, 0.1) is 0 Å². The summed E-state index contributed by atoms with van der Waals surface area (Å²) >= 11 is 1.36. The summed E-state index contributed by atoms with van der Waals surface area (Å²) in [5, 5.41) is 21.0. The molecule has 5 aromatic rings. The SMILES string of the molecule is COc1ccc(Cn2nnc(C=Cc3c(N4CCCC(OC(=O)NCCC[N+](C)(C)C)C4)nc4cc(C(=O)Nc5nc(C(C)(C)C)cs5)ccn4c3=O)n2)cc1. The Labute approximate surface area is 329 Å². The Morgan fingerprint density at radius 2 is 1.88 bits per heavy atom. The van der Waals surface area contributed by atoms with Gasteiger partial charge in [-0.2, -0.15) is 4.80 Å². The second kappa shape index (κ2) is 17.0. The van der Waals surface area contributed by atoms with E-state index in [1.54, 1.807) is 31.4 Å². The van der Waals surface area contributed by atoms with Crippen LogP contribution in [0.25, 0.3) is 17.8 Å². The van der Waals surface area contributed by atoms with Gasteiger partial charge >= 0.3 is 6.09 Å². The van der Waals surface area contributed by atoms with E-state index in [1.165, 1.54) is 26.7 Å². The summed E-state index contributed by atoms with van der Waals surface area (Å²) in [6.07, 6.45) is 6.09. The maximum Gasteiger partial charge on any atom is 0.407 e. The number of aromatic nitrogens is 7. The van der Waals surface area contributed by atoms with E-state index in [-0.39, 0.29) is 28.1 Å².